The van der Waals surface area contributed by atoms with Crippen LogP contribution in [-0.4, -0.2) is 18.0 Å². The fourth-order valence-corrected chi connectivity index (χ4v) is 3.87. The highest BCUT2D eigenvalue weighted by molar-refractivity contribution is 7.19. The average molecular weight is 327 g/mol. The average Bonchev–Trinajstić information content (AvgIpc) is 3.32. The maximum absolute atomic E-state index is 12.1. The minimum absolute atomic E-state index is 0.104. The third kappa shape index (κ3) is 3.54. The Labute approximate surface area is 140 Å². The van der Waals surface area contributed by atoms with Crippen LogP contribution in [0.15, 0.2) is 30.3 Å². The van der Waals surface area contributed by atoms with Crippen molar-refractivity contribution in [3.63, 3.8) is 0 Å². The quantitative estimate of drug-likeness (QED) is 0.855. The minimum atomic E-state index is -0.723. The fourth-order valence-electron chi connectivity index (χ4n) is 2.78. The monoisotopic (exact) mass is 327 g/mol. The number of nitrogens with one attached hydrogen (secondary N) is 2. The van der Waals surface area contributed by atoms with E-state index < -0.39 is 5.54 Å². The third-order valence-corrected chi connectivity index (χ3v) is 5.76. The Hall–Kier alpha value is -1.90. The van der Waals surface area contributed by atoms with E-state index in [1.807, 2.05) is 19.1 Å². The summed E-state index contributed by atoms with van der Waals surface area (Å²) in [6, 6.07) is 12.8. The van der Waals surface area contributed by atoms with Crippen molar-refractivity contribution in [2.45, 2.75) is 38.3 Å². The highest BCUT2D eigenvalue weighted by Crippen LogP contribution is 2.39. The number of nitriles is 1. The van der Waals surface area contributed by atoms with Gasteiger partial charge in [-0.05, 0) is 50.1 Å². The lowest BCUT2D eigenvalue weighted by molar-refractivity contribution is -0.121. The predicted octanol–water partition coefficient (Wildman–Crippen LogP) is 3.36. The molecule has 120 valence electrons. The second-order valence-electron chi connectivity index (χ2n) is 6.43. The molecule has 0 aliphatic heterocycles. The van der Waals surface area contributed by atoms with Gasteiger partial charge in [0.15, 0.2) is 0 Å². The Morgan fingerprint density at radius 2 is 2.22 bits per heavy atom. The molecule has 1 heterocycles. The van der Waals surface area contributed by atoms with Gasteiger partial charge in [0.05, 0.1) is 12.6 Å². The largest absolute Gasteiger partial charge is 0.337 e. The Kier molecular flexibility index (Phi) is 4.38. The summed E-state index contributed by atoms with van der Waals surface area (Å²) in [4.78, 5) is 13.3. The van der Waals surface area contributed by atoms with Crippen molar-refractivity contribution in [1.29, 1.82) is 5.26 Å². The second-order valence-corrected chi connectivity index (χ2v) is 7.54. The molecule has 2 atom stereocenters. The SMILES string of the molecule is C[C@@H](NCC(=O)N[C@@](C)(C#N)C1CC1)c1cc2ccccc2s1. The first kappa shape index (κ1) is 16.0. The van der Waals surface area contributed by atoms with Gasteiger partial charge < -0.3 is 10.6 Å². The van der Waals surface area contributed by atoms with E-state index in [1.165, 1.54) is 15.0 Å². The topological polar surface area (TPSA) is 64.9 Å². The number of thiophene rings is 1. The minimum Gasteiger partial charge on any atom is -0.337 e. The van der Waals surface area contributed by atoms with Crippen LogP contribution in [0.1, 0.15) is 37.6 Å². The van der Waals surface area contributed by atoms with Gasteiger partial charge in [-0.25, -0.2) is 0 Å². The van der Waals surface area contributed by atoms with Crippen LogP contribution in [0.2, 0.25) is 0 Å². The van der Waals surface area contributed by atoms with Crippen LogP contribution < -0.4 is 10.6 Å². The first-order valence-corrected chi connectivity index (χ1v) is 8.77. The molecule has 23 heavy (non-hydrogen) atoms. The molecule has 0 saturated heterocycles. The molecule has 4 nitrogen and oxygen atoms in total. The van der Waals surface area contributed by atoms with Gasteiger partial charge >= 0.3 is 0 Å². The van der Waals surface area contributed by atoms with Crippen molar-refractivity contribution in [2.75, 3.05) is 6.54 Å². The highest BCUT2D eigenvalue weighted by atomic mass is 32.1. The van der Waals surface area contributed by atoms with Crippen LogP contribution in [0.3, 0.4) is 0 Å². The van der Waals surface area contributed by atoms with E-state index >= 15 is 0 Å². The molecule has 2 aromatic rings. The summed E-state index contributed by atoms with van der Waals surface area (Å²) in [5, 5.41) is 16.7. The number of fused-ring (bicyclic) bond motifs is 1. The summed E-state index contributed by atoms with van der Waals surface area (Å²) in [6.07, 6.45) is 2.05. The Morgan fingerprint density at radius 3 is 2.87 bits per heavy atom. The van der Waals surface area contributed by atoms with Crippen molar-refractivity contribution in [2.24, 2.45) is 5.92 Å². The molecule has 5 heteroatoms. The molecule has 1 aromatic carbocycles. The molecular formula is C18H21N3OS. The van der Waals surface area contributed by atoms with E-state index in [2.05, 4.69) is 41.8 Å². The molecule has 0 spiro atoms. The second kappa shape index (κ2) is 6.31. The van der Waals surface area contributed by atoms with E-state index in [0.717, 1.165) is 12.8 Å². The Bertz CT molecular complexity index is 726. The molecule has 0 radical (unpaired) electrons. The zero-order chi connectivity index (χ0) is 16.4. The maximum atomic E-state index is 12.1. The van der Waals surface area contributed by atoms with Crippen molar-refractivity contribution < 1.29 is 4.79 Å². The molecule has 0 unspecified atom stereocenters. The lowest BCUT2D eigenvalue weighted by Crippen LogP contribution is -2.49. The van der Waals surface area contributed by atoms with Gasteiger partial charge in [0, 0.05) is 15.6 Å². The van der Waals surface area contributed by atoms with Gasteiger partial charge in [-0.1, -0.05) is 18.2 Å². The maximum Gasteiger partial charge on any atom is 0.235 e. The summed E-state index contributed by atoms with van der Waals surface area (Å²) in [6.45, 7) is 4.10. The number of nitrogens with zero attached hydrogens (tertiary/aromatic N) is 1. The molecule has 3 rings (SSSR count). The summed E-state index contributed by atoms with van der Waals surface area (Å²) >= 11 is 1.74. The van der Waals surface area contributed by atoms with Crippen LogP contribution in [-0.2, 0) is 4.79 Å². The Morgan fingerprint density at radius 1 is 1.48 bits per heavy atom. The zero-order valence-corrected chi connectivity index (χ0v) is 14.2. The van der Waals surface area contributed by atoms with Crippen LogP contribution in [0.4, 0.5) is 0 Å². The number of rotatable bonds is 6. The van der Waals surface area contributed by atoms with Gasteiger partial charge in [0.25, 0.3) is 0 Å². The lowest BCUT2D eigenvalue weighted by atomic mass is 9.98. The third-order valence-electron chi connectivity index (χ3n) is 4.47. The number of carbonyl (C=O) groups is 1. The fraction of sp³-hybridized carbons (Fsp3) is 0.444. The van der Waals surface area contributed by atoms with E-state index in [4.69, 9.17) is 0 Å². The summed E-state index contributed by atoms with van der Waals surface area (Å²) in [5.74, 6) is 0.186. The molecule has 1 amide bonds. The lowest BCUT2D eigenvalue weighted by Gasteiger charge is -2.23. The van der Waals surface area contributed by atoms with Crippen LogP contribution >= 0.6 is 11.3 Å². The Balaban J connectivity index is 1.57. The first-order valence-electron chi connectivity index (χ1n) is 7.96. The normalized spacial score (nSPS) is 18.1. The number of carbonyl (C=O) groups excluding carboxylic acids is 1. The molecule has 2 N–H and O–H groups in total. The van der Waals surface area contributed by atoms with E-state index in [-0.39, 0.29) is 18.5 Å². The van der Waals surface area contributed by atoms with Gasteiger partial charge in [-0.15, -0.1) is 11.3 Å². The van der Waals surface area contributed by atoms with E-state index in [9.17, 15) is 10.1 Å². The molecule has 1 saturated carbocycles. The van der Waals surface area contributed by atoms with Gasteiger partial charge in [0.1, 0.15) is 5.54 Å². The van der Waals surface area contributed by atoms with Crippen molar-refractivity contribution >= 4 is 27.3 Å². The molecule has 1 fully saturated rings. The molecule has 1 aliphatic carbocycles. The van der Waals surface area contributed by atoms with E-state index in [0.29, 0.717) is 5.92 Å². The number of hydrogen-bond donors (Lipinski definition) is 2. The number of amides is 1. The smallest absolute Gasteiger partial charge is 0.235 e. The predicted molar refractivity (Wildman–Crippen MR) is 93.1 cm³/mol. The summed E-state index contributed by atoms with van der Waals surface area (Å²) in [7, 11) is 0. The van der Waals surface area contributed by atoms with Gasteiger partial charge in [-0.2, -0.15) is 5.26 Å². The molecular weight excluding hydrogens is 306 g/mol. The summed E-state index contributed by atoms with van der Waals surface area (Å²) in [5.41, 5.74) is -0.723. The number of hydrogen-bond acceptors (Lipinski definition) is 4. The molecule has 1 aliphatic rings. The van der Waals surface area contributed by atoms with Crippen molar-refractivity contribution in [3.05, 3.63) is 35.2 Å². The van der Waals surface area contributed by atoms with E-state index in [1.54, 1.807) is 11.3 Å². The summed E-state index contributed by atoms with van der Waals surface area (Å²) < 4.78 is 1.26. The zero-order valence-electron chi connectivity index (χ0n) is 13.4. The first-order chi connectivity index (χ1) is 11.0. The van der Waals surface area contributed by atoms with Crippen molar-refractivity contribution in [3.8, 4) is 6.07 Å². The highest BCUT2D eigenvalue weighted by Gasteiger charge is 2.42. The number of benzene rings is 1. The standard InChI is InChI=1S/C18H21N3OS/c1-12(16-9-13-5-3-4-6-15(13)23-16)20-10-17(22)21-18(2,11-19)14-7-8-14/h3-6,9,12,14,20H,7-8,10H2,1-2H3,(H,21,22)/t12-,18+/m1/s1. The van der Waals surface area contributed by atoms with Crippen LogP contribution in [0, 0.1) is 17.2 Å². The molecule has 0 bridgehead atoms. The van der Waals surface area contributed by atoms with Crippen LogP contribution in [0.25, 0.3) is 10.1 Å². The van der Waals surface area contributed by atoms with Crippen LogP contribution in [0.5, 0.6) is 0 Å². The van der Waals surface area contributed by atoms with Gasteiger partial charge in [0.2, 0.25) is 5.91 Å². The van der Waals surface area contributed by atoms with Crippen molar-refractivity contribution in [1.82, 2.24) is 10.6 Å². The van der Waals surface area contributed by atoms with Gasteiger partial charge in [-0.3, -0.25) is 4.79 Å². The molecule has 1 aromatic heterocycles.